The van der Waals surface area contributed by atoms with Crippen LogP contribution in [0.3, 0.4) is 0 Å². The van der Waals surface area contributed by atoms with E-state index in [1.54, 1.807) is 7.11 Å². The van der Waals surface area contributed by atoms with Crippen molar-refractivity contribution < 1.29 is 14.7 Å². The summed E-state index contributed by atoms with van der Waals surface area (Å²) in [6.45, 7) is 4.51. The number of ether oxygens (including phenoxy) is 1. The van der Waals surface area contributed by atoms with Crippen LogP contribution in [0.25, 0.3) is 0 Å². The summed E-state index contributed by atoms with van der Waals surface area (Å²) in [5, 5.41) is 12.4. The van der Waals surface area contributed by atoms with Gasteiger partial charge in [0.1, 0.15) is 0 Å². The van der Waals surface area contributed by atoms with E-state index in [2.05, 4.69) is 6.92 Å². The van der Waals surface area contributed by atoms with E-state index in [1.807, 2.05) is 6.20 Å². The van der Waals surface area contributed by atoms with Gasteiger partial charge in [0.25, 0.3) is 0 Å². The van der Waals surface area contributed by atoms with Crippen LogP contribution in [0.2, 0.25) is 0 Å². The summed E-state index contributed by atoms with van der Waals surface area (Å²) in [6.07, 6.45) is 9.17. The van der Waals surface area contributed by atoms with Gasteiger partial charge in [-0.15, -0.1) is 0 Å². The molecule has 1 aliphatic carbocycles. The third-order valence-corrected chi connectivity index (χ3v) is 4.56. The minimum atomic E-state index is 0.105. The monoisotopic (exact) mass is 253 g/mol. The molecule has 0 aromatic heterocycles. The van der Waals surface area contributed by atoms with Crippen molar-refractivity contribution in [3.63, 3.8) is 0 Å². The summed E-state index contributed by atoms with van der Waals surface area (Å²) in [5.74, 6) is 1.09. The van der Waals surface area contributed by atoms with Crippen molar-refractivity contribution in [3.05, 3.63) is 12.0 Å². The van der Waals surface area contributed by atoms with E-state index >= 15 is 0 Å². The molecule has 1 N–H and O–H groups in total. The molecule has 2 fully saturated rings. The Labute approximate surface area is 111 Å². The van der Waals surface area contributed by atoms with Gasteiger partial charge in [0.15, 0.2) is 0 Å². The van der Waals surface area contributed by atoms with Crippen molar-refractivity contribution in [1.82, 2.24) is 0 Å². The molecule has 0 spiro atoms. The van der Waals surface area contributed by atoms with E-state index in [4.69, 9.17) is 4.74 Å². The first-order valence-electron chi connectivity index (χ1n) is 7.46. The highest BCUT2D eigenvalue weighted by molar-refractivity contribution is 4.97. The van der Waals surface area contributed by atoms with Crippen molar-refractivity contribution in [2.24, 2.45) is 11.8 Å². The van der Waals surface area contributed by atoms with E-state index in [0.717, 1.165) is 25.9 Å². The number of hydrogen-bond acceptors (Lipinski definition) is 2. The Morgan fingerprint density at radius 3 is 2.61 bits per heavy atom. The van der Waals surface area contributed by atoms with Gasteiger partial charge in [0.05, 0.1) is 25.4 Å². The van der Waals surface area contributed by atoms with Crippen molar-refractivity contribution in [1.29, 1.82) is 0 Å². The lowest BCUT2D eigenvalue weighted by Crippen LogP contribution is -3.08. The van der Waals surface area contributed by atoms with Gasteiger partial charge >= 0.3 is 0 Å². The molecule has 1 heterocycles. The van der Waals surface area contributed by atoms with Gasteiger partial charge in [0.2, 0.25) is 0 Å². The third-order valence-electron chi connectivity index (χ3n) is 4.56. The number of quaternary nitrogens is 1. The summed E-state index contributed by atoms with van der Waals surface area (Å²) in [6, 6.07) is 0. The van der Waals surface area contributed by atoms with Gasteiger partial charge in [0, 0.05) is 13.0 Å². The Balaban J connectivity index is 1.99. The standard InChI is InChI=1S/C15H27NO2/c1-12-6-7-15(18-2)13(10-12)14(17)11-16-8-4-3-5-9-16/h11-13,15,17H,3-10H2,1-2H3. The van der Waals surface area contributed by atoms with E-state index in [-0.39, 0.29) is 12.0 Å². The van der Waals surface area contributed by atoms with E-state index in [1.165, 1.54) is 30.6 Å². The predicted molar refractivity (Wildman–Crippen MR) is 69.9 cm³/mol. The number of hydrogen-bond donors (Lipinski definition) is 1. The minimum absolute atomic E-state index is 0.105. The maximum atomic E-state index is 12.4. The van der Waals surface area contributed by atoms with E-state index in [0.29, 0.717) is 11.7 Å². The van der Waals surface area contributed by atoms with E-state index < -0.39 is 0 Å². The third kappa shape index (κ3) is 3.48. The molecule has 104 valence electrons. The van der Waals surface area contributed by atoms with Crippen LogP contribution in [0.5, 0.6) is 0 Å². The van der Waals surface area contributed by atoms with Gasteiger partial charge in [-0.2, -0.15) is 0 Å². The highest BCUT2D eigenvalue weighted by Gasteiger charge is 2.29. The minimum Gasteiger partial charge on any atom is -0.872 e. The van der Waals surface area contributed by atoms with Crippen molar-refractivity contribution in [2.75, 3.05) is 20.2 Å². The second-order valence-electron chi connectivity index (χ2n) is 6.06. The fourth-order valence-corrected chi connectivity index (χ4v) is 3.39. The normalized spacial score (nSPS) is 35.7. The van der Waals surface area contributed by atoms with Crippen molar-refractivity contribution in [2.45, 2.75) is 51.6 Å². The Morgan fingerprint density at radius 1 is 1.22 bits per heavy atom. The van der Waals surface area contributed by atoms with Crippen LogP contribution < -0.4 is 10.0 Å². The van der Waals surface area contributed by atoms with Gasteiger partial charge in [-0.1, -0.05) is 12.7 Å². The van der Waals surface area contributed by atoms with Crippen molar-refractivity contribution in [3.8, 4) is 0 Å². The van der Waals surface area contributed by atoms with E-state index in [9.17, 15) is 5.11 Å². The number of rotatable bonds is 3. The Bertz CT molecular complexity index is 284. The van der Waals surface area contributed by atoms with Crippen LogP contribution >= 0.6 is 0 Å². The number of nitrogens with one attached hydrogen (secondary N) is 1. The SMILES string of the molecule is COC1CCC(C)CC1C([O-])=C[NH+]1CCCCC1. The lowest BCUT2D eigenvalue weighted by molar-refractivity contribution is -0.854. The largest absolute Gasteiger partial charge is 0.872 e. The zero-order chi connectivity index (χ0) is 13.0. The predicted octanol–water partition coefficient (Wildman–Crippen LogP) is 0.708. The smallest absolute Gasteiger partial charge is 0.0825 e. The first-order valence-corrected chi connectivity index (χ1v) is 7.46. The number of methoxy groups -OCH3 is 1. The van der Waals surface area contributed by atoms with Crippen LogP contribution in [0.15, 0.2) is 12.0 Å². The van der Waals surface area contributed by atoms with Crippen LogP contribution in [-0.4, -0.2) is 26.3 Å². The highest BCUT2D eigenvalue weighted by atomic mass is 16.5. The molecule has 2 aliphatic rings. The molecule has 0 bridgehead atoms. The Hall–Kier alpha value is -0.540. The molecule has 0 radical (unpaired) electrons. The Morgan fingerprint density at radius 2 is 1.94 bits per heavy atom. The second-order valence-corrected chi connectivity index (χ2v) is 6.06. The highest BCUT2D eigenvalue weighted by Crippen LogP contribution is 2.33. The molecule has 1 saturated carbocycles. The molecular formula is C15H27NO2. The number of piperidine rings is 1. The van der Waals surface area contributed by atoms with Gasteiger partial charge in [-0.05, 0) is 44.4 Å². The van der Waals surface area contributed by atoms with Crippen LogP contribution in [0.4, 0.5) is 0 Å². The maximum absolute atomic E-state index is 12.4. The zero-order valence-electron chi connectivity index (χ0n) is 11.8. The molecule has 1 aliphatic heterocycles. The molecule has 1 saturated heterocycles. The topological polar surface area (TPSA) is 36.7 Å². The van der Waals surface area contributed by atoms with Crippen molar-refractivity contribution >= 4 is 0 Å². The number of likely N-dealkylation sites (tertiary alicyclic amines) is 1. The average molecular weight is 253 g/mol. The molecule has 3 nitrogen and oxygen atoms in total. The molecule has 18 heavy (non-hydrogen) atoms. The summed E-state index contributed by atoms with van der Waals surface area (Å²) < 4.78 is 5.51. The molecule has 3 heteroatoms. The van der Waals surface area contributed by atoms with Gasteiger partial charge < -0.3 is 14.7 Å². The molecule has 2 rings (SSSR count). The molecule has 0 aromatic rings. The van der Waals surface area contributed by atoms with Crippen LogP contribution in [0.1, 0.15) is 45.4 Å². The molecule has 0 aromatic carbocycles. The van der Waals surface area contributed by atoms with Gasteiger partial charge in [-0.3, -0.25) is 0 Å². The van der Waals surface area contributed by atoms with Crippen LogP contribution in [0, 0.1) is 11.8 Å². The fourth-order valence-electron chi connectivity index (χ4n) is 3.39. The summed E-state index contributed by atoms with van der Waals surface area (Å²) in [4.78, 5) is 1.37. The molecule has 0 amide bonds. The first-order chi connectivity index (χ1) is 8.70. The zero-order valence-corrected chi connectivity index (χ0v) is 11.8. The summed E-state index contributed by atoms with van der Waals surface area (Å²) in [5.41, 5.74) is 0. The maximum Gasteiger partial charge on any atom is 0.0825 e. The lowest BCUT2D eigenvalue weighted by atomic mass is 9.79. The summed E-state index contributed by atoms with van der Waals surface area (Å²) in [7, 11) is 1.74. The quantitative estimate of drug-likeness (QED) is 0.752. The molecule has 3 atom stereocenters. The average Bonchev–Trinajstić information content (AvgIpc) is 2.40. The Kier molecular flexibility index (Phi) is 5.07. The van der Waals surface area contributed by atoms with Gasteiger partial charge in [-0.25, -0.2) is 0 Å². The molecular weight excluding hydrogens is 226 g/mol. The second kappa shape index (κ2) is 6.58. The van der Waals surface area contributed by atoms with Crippen LogP contribution in [-0.2, 0) is 4.74 Å². The lowest BCUT2D eigenvalue weighted by Gasteiger charge is -2.38. The molecule has 3 unspecified atom stereocenters. The fraction of sp³-hybridized carbons (Fsp3) is 0.867. The summed E-state index contributed by atoms with van der Waals surface area (Å²) >= 11 is 0. The first kappa shape index (κ1) is 13.9.